The second-order valence-electron chi connectivity index (χ2n) is 9.99. The molecule has 0 radical (unpaired) electrons. The van der Waals surface area contributed by atoms with Crippen LogP contribution in [-0.4, -0.2) is 75.9 Å². The molecular weight excluding hydrogens is 538 g/mol. The largest absolute Gasteiger partial charge is 0.417 e. The van der Waals surface area contributed by atoms with Crippen molar-refractivity contribution in [2.24, 2.45) is 0 Å². The van der Waals surface area contributed by atoms with E-state index in [-0.39, 0.29) is 23.3 Å². The predicted molar refractivity (Wildman–Crippen MR) is 144 cm³/mol. The van der Waals surface area contributed by atoms with Crippen LogP contribution in [0.15, 0.2) is 35.3 Å². The maximum Gasteiger partial charge on any atom is 0.417 e. The molecule has 8 nitrogen and oxygen atoms in total. The molecule has 2 aliphatic heterocycles. The summed E-state index contributed by atoms with van der Waals surface area (Å²) in [6.07, 6.45) is -0.472. The molecule has 39 heavy (non-hydrogen) atoms. The summed E-state index contributed by atoms with van der Waals surface area (Å²) in [5, 5.41) is 2.56. The van der Waals surface area contributed by atoms with Crippen molar-refractivity contribution in [1.29, 1.82) is 0 Å². The summed E-state index contributed by atoms with van der Waals surface area (Å²) in [6.45, 7) is 5.83. The normalized spacial score (nSPS) is 21.9. The van der Waals surface area contributed by atoms with Crippen molar-refractivity contribution in [3.05, 3.63) is 63.3 Å². The molecule has 0 aliphatic carbocycles. The SMILES string of the molecule is CC1CN(c2cc(F)c(C3=CCN(S(C)=O)CC3)cc2NC(=O)c2c[nH]c(=O)cc2C(F)(F)F)CC(C)N1C. The van der Waals surface area contributed by atoms with Crippen molar-refractivity contribution in [3.8, 4) is 0 Å². The Hall–Kier alpha value is -3.03. The molecule has 2 N–H and O–H groups in total. The smallest absolute Gasteiger partial charge is 0.367 e. The van der Waals surface area contributed by atoms with Gasteiger partial charge in [-0.1, -0.05) is 6.08 Å². The molecule has 2 aliphatic rings. The predicted octanol–water partition coefficient (Wildman–Crippen LogP) is 3.70. The fourth-order valence-electron chi connectivity index (χ4n) is 4.98. The highest BCUT2D eigenvalue weighted by Gasteiger charge is 2.36. The number of likely N-dealkylation sites (N-methyl/N-ethyl adjacent to an activating group) is 1. The highest BCUT2D eigenvalue weighted by Crippen LogP contribution is 2.37. The standard InChI is InChI=1S/C26H31F4N5O3S/c1-15-13-34(14-16(2)33(15)3)23-11-21(27)18(17-5-7-35(8-6-17)39(4)38)9-22(23)32-25(37)19-12-31-24(36)10-20(19)26(28,29)30/h5,9-12,15-16H,6-8,13-14H2,1-4H3,(H,31,36)(H,32,37). The Morgan fingerprint density at radius 2 is 1.82 bits per heavy atom. The molecule has 0 saturated carbocycles. The maximum atomic E-state index is 15.6. The molecule has 1 fully saturated rings. The van der Waals surface area contributed by atoms with Crippen molar-refractivity contribution in [2.45, 2.75) is 38.5 Å². The van der Waals surface area contributed by atoms with Gasteiger partial charge >= 0.3 is 6.18 Å². The monoisotopic (exact) mass is 569 g/mol. The first-order chi connectivity index (χ1) is 18.3. The summed E-state index contributed by atoms with van der Waals surface area (Å²) in [5.41, 5.74) is -1.74. The number of anilines is 2. The first kappa shape index (κ1) is 29.0. The Balaban J connectivity index is 1.77. The number of nitrogens with zero attached hydrogens (tertiary/aromatic N) is 3. The minimum Gasteiger partial charge on any atom is -0.367 e. The number of nitrogens with one attached hydrogen (secondary N) is 2. The zero-order chi connectivity index (χ0) is 28.6. The fourth-order valence-corrected chi connectivity index (χ4v) is 5.62. The highest BCUT2D eigenvalue weighted by atomic mass is 32.2. The van der Waals surface area contributed by atoms with Gasteiger partial charge in [0.25, 0.3) is 5.91 Å². The van der Waals surface area contributed by atoms with Crippen LogP contribution in [0.5, 0.6) is 0 Å². The van der Waals surface area contributed by atoms with Gasteiger partial charge in [0, 0.05) is 62.3 Å². The van der Waals surface area contributed by atoms with Crippen LogP contribution in [0.4, 0.5) is 28.9 Å². The van der Waals surface area contributed by atoms with Gasteiger partial charge in [0.2, 0.25) is 5.56 Å². The van der Waals surface area contributed by atoms with Gasteiger partial charge in [0.1, 0.15) is 5.82 Å². The molecule has 1 saturated heterocycles. The van der Waals surface area contributed by atoms with E-state index in [1.807, 2.05) is 25.8 Å². The number of aromatic nitrogens is 1. The number of amides is 1. The lowest BCUT2D eigenvalue weighted by molar-refractivity contribution is -0.138. The molecule has 1 aromatic heterocycles. The van der Waals surface area contributed by atoms with Gasteiger partial charge in [0.05, 0.1) is 33.5 Å². The lowest BCUT2D eigenvalue weighted by Gasteiger charge is -2.44. The average Bonchev–Trinajstić information content (AvgIpc) is 2.87. The number of halogens is 4. The minimum atomic E-state index is -4.93. The van der Waals surface area contributed by atoms with Gasteiger partial charge in [0.15, 0.2) is 0 Å². The van der Waals surface area contributed by atoms with Crippen LogP contribution in [0.2, 0.25) is 0 Å². The number of aromatic amines is 1. The Kier molecular flexibility index (Phi) is 8.33. The van der Waals surface area contributed by atoms with Crippen molar-refractivity contribution < 1.29 is 26.6 Å². The van der Waals surface area contributed by atoms with Crippen LogP contribution in [-0.2, 0) is 17.2 Å². The first-order valence-electron chi connectivity index (χ1n) is 12.5. The van der Waals surface area contributed by atoms with Crippen molar-refractivity contribution in [1.82, 2.24) is 14.2 Å². The van der Waals surface area contributed by atoms with Crippen LogP contribution in [0.3, 0.4) is 0 Å². The lowest BCUT2D eigenvalue weighted by Crippen LogP contribution is -2.55. The van der Waals surface area contributed by atoms with E-state index in [9.17, 15) is 27.0 Å². The number of carbonyl (C=O) groups is 1. The molecule has 13 heteroatoms. The third-order valence-corrected chi connectivity index (χ3v) is 8.45. The Labute approximate surface area is 226 Å². The quantitative estimate of drug-likeness (QED) is 0.537. The van der Waals surface area contributed by atoms with Gasteiger partial charge in [-0.05, 0) is 45.0 Å². The minimum absolute atomic E-state index is 0.0954. The van der Waals surface area contributed by atoms with Gasteiger partial charge in [-0.2, -0.15) is 13.2 Å². The second kappa shape index (κ2) is 11.2. The van der Waals surface area contributed by atoms with E-state index in [4.69, 9.17) is 0 Å². The summed E-state index contributed by atoms with van der Waals surface area (Å²) < 4.78 is 70.0. The second-order valence-corrected chi connectivity index (χ2v) is 11.3. The maximum absolute atomic E-state index is 15.6. The van der Waals surface area contributed by atoms with Gasteiger partial charge in [-0.15, -0.1) is 0 Å². The highest BCUT2D eigenvalue weighted by molar-refractivity contribution is 7.81. The third-order valence-electron chi connectivity index (χ3n) is 7.39. The molecule has 212 valence electrons. The molecule has 0 bridgehead atoms. The summed E-state index contributed by atoms with van der Waals surface area (Å²) in [5.74, 6) is -1.61. The van der Waals surface area contributed by atoms with Gasteiger partial charge in [-0.3, -0.25) is 14.5 Å². The number of hydrogen-bond donors (Lipinski definition) is 2. The van der Waals surface area contributed by atoms with Gasteiger partial charge in [-0.25, -0.2) is 12.9 Å². The number of benzene rings is 1. The van der Waals surface area contributed by atoms with E-state index in [1.165, 1.54) is 12.1 Å². The van der Waals surface area contributed by atoms with E-state index in [0.717, 1.165) is 6.20 Å². The molecule has 1 amide bonds. The lowest BCUT2D eigenvalue weighted by atomic mass is 9.97. The number of alkyl halides is 3. The average molecular weight is 570 g/mol. The molecule has 3 atom stereocenters. The molecule has 2 aromatic rings. The zero-order valence-corrected chi connectivity index (χ0v) is 22.9. The van der Waals surface area contributed by atoms with Gasteiger partial charge < -0.3 is 15.2 Å². The fraction of sp³-hybridized carbons (Fsp3) is 0.462. The van der Waals surface area contributed by atoms with E-state index in [1.54, 1.807) is 16.6 Å². The van der Waals surface area contributed by atoms with Crippen molar-refractivity contribution >= 4 is 33.8 Å². The number of rotatable bonds is 5. The van der Waals surface area contributed by atoms with E-state index in [0.29, 0.717) is 49.9 Å². The molecule has 4 rings (SSSR count). The number of hydrogen-bond acceptors (Lipinski definition) is 5. The summed E-state index contributed by atoms with van der Waals surface area (Å²) in [6, 6.07) is 3.28. The third kappa shape index (κ3) is 6.25. The molecule has 3 heterocycles. The van der Waals surface area contributed by atoms with Crippen LogP contribution in [0, 0.1) is 5.82 Å². The summed E-state index contributed by atoms with van der Waals surface area (Å²) in [4.78, 5) is 31.0. The van der Waals surface area contributed by atoms with E-state index in [2.05, 4.69) is 15.2 Å². The van der Waals surface area contributed by atoms with E-state index < -0.39 is 45.6 Å². The molecular formula is C26H31F4N5O3S. The Morgan fingerprint density at radius 3 is 2.38 bits per heavy atom. The number of carbonyl (C=O) groups excluding carboxylic acids is 1. The van der Waals surface area contributed by atoms with Crippen molar-refractivity contribution in [3.63, 3.8) is 0 Å². The first-order valence-corrected chi connectivity index (χ1v) is 14.0. The Morgan fingerprint density at radius 1 is 1.15 bits per heavy atom. The van der Waals surface area contributed by atoms with Crippen LogP contribution in [0.1, 0.15) is 41.8 Å². The van der Waals surface area contributed by atoms with Crippen LogP contribution >= 0.6 is 0 Å². The number of pyridine rings is 1. The number of piperazine rings is 1. The van der Waals surface area contributed by atoms with Crippen LogP contribution < -0.4 is 15.8 Å². The zero-order valence-electron chi connectivity index (χ0n) is 22.1. The van der Waals surface area contributed by atoms with Crippen molar-refractivity contribution in [2.75, 3.05) is 49.7 Å². The summed E-state index contributed by atoms with van der Waals surface area (Å²) >= 11 is 0. The number of H-pyrrole nitrogens is 1. The molecule has 1 aromatic carbocycles. The topological polar surface area (TPSA) is 88.7 Å². The molecule has 0 spiro atoms. The molecule has 3 unspecified atom stereocenters. The van der Waals surface area contributed by atoms with Crippen LogP contribution in [0.25, 0.3) is 5.57 Å². The Bertz CT molecular complexity index is 1360. The van der Waals surface area contributed by atoms with E-state index >= 15 is 4.39 Å². The summed E-state index contributed by atoms with van der Waals surface area (Å²) in [7, 11) is 0.802.